The summed E-state index contributed by atoms with van der Waals surface area (Å²) in [5, 5.41) is 23.1. The van der Waals surface area contributed by atoms with Gasteiger partial charge in [0.1, 0.15) is 11.6 Å². The Balaban J connectivity index is 1.82. The van der Waals surface area contributed by atoms with E-state index in [2.05, 4.69) is 5.32 Å². The summed E-state index contributed by atoms with van der Waals surface area (Å²) in [6, 6.07) is 17.4. The zero-order chi connectivity index (χ0) is 25.5. The van der Waals surface area contributed by atoms with Gasteiger partial charge >= 0.3 is 5.97 Å². The van der Waals surface area contributed by atoms with Crippen LogP contribution in [0.5, 0.6) is 11.5 Å². The van der Waals surface area contributed by atoms with Crippen molar-refractivity contribution in [3.05, 3.63) is 98.6 Å². The topological polar surface area (TPSA) is 132 Å². The number of carbonyl (C=O) groups is 2. The summed E-state index contributed by atoms with van der Waals surface area (Å²) >= 11 is 0. The Hall–Kier alpha value is -4.97. The molecule has 0 bridgehead atoms. The Morgan fingerprint density at radius 2 is 1.74 bits per heavy atom. The number of esters is 1. The van der Waals surface area contributed by atoms with Crippen molar-refractivity contribution < 1.29 is 24.0 Å². The van der Waals surface area contributed by atoms with Crippen LogP contribution in [0.4, 0.5) is 11.4 Å². The second-order valence-corrected chi connectivity index (χ2v) is 7.55. The molecule has 0 saturated heterocycles. The van der Waals surface area contributed by atoms with Crippen molar-refractivity contribution >= 4 is 29.3 Å². The number of nitrogens with one attached hydrogen (secondary N) is 1. The monoisotopic (exact) mass is 471 g/mol. The Morgan fingerprint density at radius 3 is 2.37 bits per heavy atom. The number of hydrogen-bond donors (Lipinski definition) is 1. The van der Waals surface area contributed by atoms with Crippen molar-refractivity contribution in [2.75, 3.05) is 12.4 Å². The van der Waals surface area contributed by atoms with Gasteiger partial charge < -0.3 is 14.8 Å². The first kappa shape index (κ1) is 24.7. The standard InChI is InChI=1S/C26H21N3O6/c1-16-4-8-19(9-5-16)26(31)35-23-11-7-18(13-24(23)34-3)12-20(15-27)25(30)28-22-14-21(29(32)33)10-6-17(22)2/h4-14H,1-3H3,(H,28,30)/b20-12+. The maximum absolute atomic E-state index is 12.7. The second kappa shape index (κ2) is 10.8. The molecule has 3 aromatic rings. The van der Waals surface area contributed by atoms with Crippen molar-refractivity contribution in [2.24, 2.45) is 0 Å². The molecule has 35 heavy (non-hydrogen) atoms. The van der Waals surface area contributed by atoms with Gasteiger partial charge in [-0.3, -0.25) is 14.9 Å². The number of nitro benzene ring substituents is 1. The average Bonchev–Trinajstić information content (AvgIpc) is 2.84. The fourth-order valence-corrected chi connectivity index (χ4v) is 3.07. The van der Waals surface area contributed by atoms with Gasteiger partial charge in [-0.2, -0.15) is 5.26 Å². The molecule has 0 radical (unpaired) electrons. The molecule has 0 aromatic heterocycles. The normalized spacial score (nSPS) is 10.7. The number of benzene rings is 3. The third-order valence-corrected chi connectivity index (χ3v) is 5.03. The maximum Gasteiger partial charge on any atom is 0.343 e. The zero-order valence-electron chi connectivity index (χ0n) is 19.2. The van der Waals surface area contributed by atoms with Gasteiger partial charge in [-0.15, -0.1) is 0 Å². The summed E-state index contributed by atoms with van der Waals surface area (Å²) in [6.45, 7) is 3.58. The van der Waals surface area contributed by atoms with Gasteiger partial charge in [-0.25, -0.2) is 4.79 Å². The quantitative estimate of drug-likeness (QED) is 0.128. The molecular weight excluding hydrogens is 450 g/mol. The summed E-state index contributed by atoms with van der Waals surface area (Å²) in [4.78, 5) is 35.5. The van der Waals surface area contributed by atoms with E-state index in [9.17, 15) is 25.0 Å². The molecular formula is C26H21N3O6. The Labute approximate surface area is 201 Å². The number of non-ortho nitro benzene ring substituents is 1. The molecule has 0 saturated carbocycles. The van der Waals surface area contributed by atoms with Gasteiger partial charge in [0.2, 0.25) is 0 Å². The van der Waals surface area contributed by atoms with Crippen LogP contribution in [0.3, 0.4) is 0 Å². The predicted octanol–water partition coefficient (Wildman–Crippen LogP) is 4.99. The number of nitro groups is 1. The summed E-state index contributed by atoms with van der Waals surface area (Å²) in [5.74, 6) is -0.891. The predicted molar refractivity (Wildman–Crippen MR) is 129 cm³/mol. The fraction of sp³-hybridized carbons (Fsp3) is 0.115. The number of carbonyl (C=O) groups excluding carboxylic acids is 2. The molecule has 3 aromatic carbocycles. The lowest BCUT2D eigenvalue weighted by atomic mass is 10.1. The number of ether oxygens (including phenoxy) is 2. The van der Waals surface area contributed by atoms with Crippen LogP contribution in [0.25, 0.3) is 6.08 Å². The molecule has 0 heterocycles. The SMILES string of the molecule is COc1cc(/C=C(\C#N)C(=O)Nc2cc([N+](=O)[O-])ccc2C)ccc1OC(=O)c1ccc(C)cc1. The Kier molecular flexibility index (Phi) is 7.59. The molecule has 0 aliphatic carbocycles. The van der Waals surface area contributed by atoms with E-state index >= 15 is 0 Å². The van der Waals surface area contributed by atoms with Crippen LogP contribution in [0.1, 0.15) is 27.0 Å². The minimum Gasteiger partial charge on any atom is -0.493 e. The minimum atomic E-state index is -0.732. The largest absolute Gasteiger partial charge is 0.493 e. The van der Waals surface area contributed by atoms with Crippen molar-refractivity contribution in [3.8, 4) is 17.6 Å². The highest BCUT2D eigenvalue weighted by atomic mass is 16.6. The van der Waals surface area contributed by atoms with Crippen LogP contribution >= 0.6 is 0 Å². The van der Waals surface area contributed by atoms with E-state index < -0.39 is 16.8 Å². The first-order valence-corrected chi connectivity index (χ1v) is 10.4. The van der Waals surface area contributed by atoms with Crippen molar-refractivity contribution in [1.82, 2.24) is 0 Å². The molecule has 0 fully saturated rings. The van der Waals surface area contributed by atoms with Gasteiger partial charge in [-0.05, 0) is 55.3 Å². The fourth-order valence-electron chi connectivity index (χ4n) is 3.07. The van der Waals surface area contributed by atoms with E-state index in [1.165, 1.54) is 43.5 Å². The van der Waals surface area contributed by atoms with E-state index in [-0.39, 0.29) is 28.4 Å². The lowest BCUT2D eigenvalue weighted by Gasteiger charge is -2.11. The average molecular weight is 471 g/mol. The number of anilines is 1. The first-order chi connectivity index (χ1) is 16.7. The van der Waals surface area contributed by atoms with Crippen LogP contribution in [0.15, 0.2) is 66.2 Å². The van der Waals surface area contributed by atoms with Gasteiger partial charge in [0, 0.05) is 12.1 Å². The molecule has 0 atom stereocenters. The smallest absolute Gasteiger partial charge is 0.343 e. The number of nitrogens with zero attached hydrogens (tertiary/aromatic N) is 2. The summed E-state index contributed by atoms with van der Waals surface area (Å²) in [5.41, 5.74) is 2.23. The van der Waals surface area contributed by atoms with Crippen LogP contribution in [0, 0.1) is 35.3 Å². The van der Waals surface area contributed by atoms with Crippen LogP contribution < -0.4 is 14.8 Å². The van der Waals surface area contributed by atoms with E-state index in [1.54, 1.807) is 37.3 Å². The number of methoxy groups -OCH3 is 1. The lowest BCUT2D eigenvalue weighted by Crippen LogP contribution is -2.14. The number of amides is 1. The molecule has 9 heteroatoms. The molecule has 3 rings (SSSR count). The first-order valence-electron chi connectivity index (χ1n) is 10.4. The highest BCUT2D eigenvalue weighted by molar-refractivity contribution is 6.10. The van der Waals surface area contributed by atoms with E-state index in [0.29, 0.717) is 16.7 Å². The van der Waals surface area contributed by atoms with Crippen LogP contribution in [-0.2, 0) is 4.79 Å². The molecule has 0 spiro atoms. The van der Waals surface area contributed by atoms with Gasteiger partial charge in [0.05, 0.1) is 23.3 Å². The third-order valence-electron chi connectivity index (χ3n) is 5.03. The summed E-state index contributed by atoms with van der Waals surface area (Å²) in [7, 11) is 1.40. The lowest BCUT2D eigenvalue weighted by molar-refractivity contribution is -0.384. The van der Waals surface area contributed by atoms with Gasteiger partial charge in [0.15, 0.2) is 11.5 Å². The van der Waals surface area contributed by atoms with Crippen molar-refractivity contribution in [1.29, 1.82) is 5.26 Å². The molecule has 9 nitrogen and oxygen atoms in total. The number of hydrogen-bond acceptors (Lipinski definition) is 7. The third kappa shape index (κ3) is 6.09. The number of rotatable bonds is 7. The molecule has 176 valence electrons. The van der Waals surface area contributed by atoms with E-state index in [4.69, 9.17) is 9.47 Å². The van der Waals surface area contributed by atoms with Crippen molar-refractivity contribution in [3.63, 3.8) is 0 Å². The van der Waals surface area contributed by atoms with Gasteiger partial charge in [0.25, 0.3) is 11.6 Å². The zero-order valence-corrected chi connectivity index (χ0v) is 19.2. The Morgan fingerprint density at radius 1 is 1.03 bits per heavy atom. The molecule has 0 unspecified atom stereocenters. The second-order valence-electron chi connectivity index (χ2n) is 7.55. The van der Waals surface area contributed by atoms with Crippen LogP contribution in [-0.4, -0.2) is 23.9 Å². The van der Waals surface area contributed by atoms with Crippen molar-refractivity contribution in [2.45, 2.75) is 13.8 Å². The van der Waals surface area contributed by atoms with E-state index in [0.717, 1.165) is 5.56 Å². The maximum atomic E-state index is 12.7. The highest BCUT2D eigenvalue weighted by Crippen LogP contribution is 2.30. The number of nitriles is 1. The molecule has 0 aliphatic rings. The minimum absolute atomic E-state index is 0.172. The van der Waals surface area contributed by atoms with Gasteiger partial charge in [-0.1, -0.05) is 29.8 Å². The summed E-state index contributed by atoms with van der Waals surface area (Å²) < 4.78 is 10.7. The molecule has 1 amide bonds. The molecule has 1 N–H and O–H groups in total. The molecule has 0 aliphatic heterocycles. The highest BCUT2D eigenvalue weighted by Gasteiger charge is 2.16. The summed E-state index contributed by atoms with van der Waals surface area (Å²) in [6.07, 6.45) is 1.33. The Bertz CT molecular complexity index is 1370. The van der Waals surface area contributed by atoms with E-state index in [1.807, 2.05) is 13.0 Å². The van der Waals surface area contributed by atoms with Crippen LogP contribution in [0.2, 0.25) is 0 Å². The number of aryl methyl sites for hydroxylation is 2.